The summed E-state index contributed by atoms with van der Waals surface area (Å²) in [7, 11) is 0. The molecule has 0 amide bonds. The van der Waals surface area contributed by atoms with Gasteiger partial charge in [0.15, 0.2) is 6.29 Å². The van der Waals surface area contributed by atoms with Gasteiger partial charge in [0.25, 0.3) is 0 Å². The number of ether oxygens (including phenoxy) is 4. The van der Waals surface area contributed by atoms with Crippen molar-refractivity contribution < 1.29 is 28.8 Å². The van der Waals surface area contributed by atoms with Crippen LogP contribution in [0.15, 0.2) is 116 Å². The highest BCUT2D eigenvalue weighted by Crippen LogP contribution is 2.41. The fraction of sp³-hybridized carbons (Fsp3) is 0.357. The maximum Gasteiger partial charge on any atom is 0.154 e. The molecule has 1 N–H and O–H groups in total. The molecule has 1 heterocycles. The summed E-state index contributed by atoms with van der Waals surface area (Å²) >= 11 is 0. The van der Waals surface area contributed by atoms with Crippen molar-refractivity contribution in [1.29, 1.82) is 0 Å². The number of aryl methyl sites for hydroxylation is 2. The van der Waals surface area contributed by atoms with Gasteiger partial charge in [0.1, 0.15) is 17.8 Å². The zero-order valence-electron chi connectivity index (χ0n) is 28.0. The third kappa shape index (κ3) is 9.82. The van der Waals surface area contributed by atoms with Crippen LogP contribution in [0.5, 0.6) is 0 Å². The van der Waals surface area contributed by atoms with E-state index >= 15 is 0 Å². The molecule has 1 aliphatic heterocycles. The molecule has 0 aliphatic carbocycles. The van der Waals surface area contributed by atoms with Gasteiger partial charge in [0.05, 0.1) is 32.5 Å². The van der Waals surface area contributed by atoms with Crippen molar-refractivity contribution >= 4 is 6.29 Å². The smallest absolute Gasteiger partial charge is 0.154 e. The van der Waals surface area contributed by atoms with Crippen LogP contribution in [0.3, 0.4) is 0 Å². The number of carbonyl (C=O) groups is 1. The van der Waals surface area contributed by atoms with Gasteiger partial charge < -0.3 is 28.8 Å². The summed E-state index contributed by atoms with van der Waals surface area (Å²) < 4.78 is 25.2. The average Bonchev–Trinajstić information content (AvgIpc) is 3.13. The lowest BCUT2D eigenvalue weighted by atomic mass is 9.85. The second-order valence-corrected chi connectivity index (χ2v) is 12.7. The highest BCUT2D eigenvalue weighted by Gasteiger charge is 2.49. The summed E-state index contributed by atoms with van der Waals surface area (Å²) in [5, 5.41) is 10.5. The summed E-state index contributed by atoms with van der Waals surface area (Å²) in [6.45, 7) is 7.42. The van der Waals surface area contributed by atoms with Gasteiger partial charge in [-0.05, 0) is 71.6 Å². The molecule has 5 rings (SSSR count). The largest absolute Gasteiger partial charge is 0.393 e. The van der Waals surface area contributed by atoms with Crippen LogP contribution in [0, 0.1) is 6.92 Å². The summed E-state index contributed by atoms with van der Waals surface area (Å²) in [6.07, 6.45) is 4.90. The van der Waals surface area contributed by atoms with Crippen molar-refractivity contribution in [2.75, 3.05) is 19.8 Å². The number of rotatable bonds is 18. The maximum atomic E-state index is 12.5. The molecule has 4 atom stereocenters. The number of aliphatic hydroxyl groups excluding tert-OH is 1. The van der Waals surface area contributed by atoms with E-state index in [1.807, 2.05) is 66.7 Å². The molecule has 4 aromatic rings. The Morgan fingerprint density at radius 2 is 1.52 bits per heavy atom. The topological polar surface area (TPSA) is 74.2 Å². The molecule has 6 heteroatoms. The Balaban J connectivity index is 1.37. The third-order valence-corrected chi connectivity index (χ3v) is 9.01. The van der Waals surface area contributed by atoms with Crippen LogP contribution in [0.4, 0.5) is 0 Å². The molecule has 0 unspecified atom stereocenters. The minimum atomic E-state index is -1.41. The second-order valence-electron chi connectivity index (χ2n) is 12.7. The van der Waals surface area contributed by atoms with E-state index in [9.17, 15) is 9.90 Å². The quantitative estimate of drug-likeness (QED) is 0.0678. The first kappa shape index (κ1) is 35.4. The molecule has 0 aromatic heterocycles. The molecule has 0 radical (unpaired) electrons. The summed E-state index contributed by atoms with van der Waals surface area (Å²) in [6, 6.07) is 35.1. The Kier molecular flexibility index (Phi) is 13.3. The van der Waals surface area contributed by atoms with E-state index in [2.05, 4.69) is 49.9 Å². The van der Waals surface area contributed by atoms with E-state index in [1.165, 1.54) is 16.7 Å². The number of aliphatic hydroxyl groups is 1. The molecule has 252 valence electrons. The Morgan fingerprint density at radius 1 is 0.854 bits per heavy atom. The van der Waals surface area contributed by atoms with Crippen molar-refractivity contribution in [2.24, 2.45) is 0 Å². The Labute approximate surface area is 285 Å². The fourth-order valence-electron chi connectivity index (χ4n) is 6.19. The van der Waals surface area contributed by atoms with Crippen molar-refractivity contribution in [3.63, 3.8) is 0 Å². The first-order chi connectivity index (χ1) is 23.5. The van der Waals surface area contributed by atoms with Crippen LogP contribution < -0.4 is 0 Å². The molecule has 48 heavy (non-hydrogen) atoms. The fourth-order valence-corrected chi connectivity index (χ4v) is 6.19. The summed E-state index contributed by atoms with van der Waals surface area (Å²) in [5.74, 6) is 0. The zero-order valence-corrected chi connectivity index (χ0v) is 28.0. The molecule has 0 bridgehead atoms. The van der Waals surface area contributed by atoms with Crippen molar-refractivity contribution in [3.05, 3.63) is 155 Å². The van der Waals surface area contributed by atoms with Crippen LogP contribution in [0.1, 0.15) is 64.3 Å². The molecule has 1 saturated heterocycles. The van der Waals surface area contributed by atoms with Gasteiger partial charge in [-0.2, -0.15) is 0 Å². The maximum absolute atomic E-state index is 12.5. The predicted molar refractivity (Wildman–Crippen MR) is 189 cm³/mol. The SMILES string of the molecule is C=CCOCCCCc1ccc(Cc2cc([C@@H]3O[C@](C=O)(CO)C[C@H](OCc4ccccc4)[C@H]3OCc3ccccc3)ccc2C)cc1. The summed E-state index contributed by atoms with van der Waals surface area (Å²) in [4.78, 5) is 12.5. The zero-order chi connectivity index (χ0) is 33.6. The standard InChI is InChI=1S/C42H48O6/c1-3-23-45-24-11-10-12-33-18-20-34(21-19-33)25-38-26-37(22-17-32(38)2)40-41(47-29-36-15-8-5-9-16-36)39(27-42(30-43,31-44)48-40)46-28-35-13-6-4-7-14-35/h3-9,13-22,26,30,39-41,44H,1,10-12,23-25,27-29,31H2,2H3/t39-,40-,41+,42+/m0/s1. The third-order valence-electron chi connectivity index (χ3n) is 9.01. The highest BCUT2D eigenvalue weighted by atomic mass is 16.6. The molecule has 1 fully saturated rings. The number of hydrogen-bond donors (Lipinski definition) is 1. The van der Waals surface area contributed by atoms with Gasteiger partial charge >= 0.3 is 0 Å². The van der Waals surface area contributed by atoms with E-state index < -0.39 is 30.5 Å². The lowest BCUT2D eigenvalue weighted by Gasteiger charge is -2.45. The van der Waals surface area contributed by atoms with Crippen LogP contribution in [0.2, 0.25) is 0 Å². The van der Waals surface area contributed by atoms with E-state index in [0.717, 1.165) is 60.8 Å². The molecule has 6 nitrogen and oxygen atoms in total. The lowest BCUT2D eigenvalue weighted by molar-refractivity contribution is -0.243. The number of carbonyl (C=O) groups excluding carboxylic acids is 1. The van der Waals surface area contributed by atoms with Gasteiger partial charge in [-0.3, -0.25) is 0 Å². The monoisotopic (exact) mass is 648 g/mol. The van der Waals surface area contributed by atoms with E-state index in [-0.39, 0.29) is 6.42 Å². The van der Waals surface area contributed by atoms with E-state index in [0.29, 0.717) is 19.8 Å². The van der Waals surface area contributed by atoms with Crippen molar-refractivity contribution in [2.45, 2.75) is 76.2 Å². The van der Waals surface area contributed by atoms with Crippen LogP contribution in [0.25, 0.3) is 0 Å². The first-order valence-corrected chi connectivity index (χ1v) is 16.9. The van der Waals surface area contributed by atoms with Gasteiger partial charge in [-0.1, -0.05) is 109 Å². The van der Waals surface area contributed by atoms with Gasteiger partial charge in [0, 0.05) is 13.0 Å². The normalized spacial score (nSPS) is 20.8. The lowest BCUT2D eigenvalue weighted by Crippen LogP contribution is -2.55. The van der Waals surface area contributed by atoms with Gasteiger partial charge in [-0.15, -0.1) is 6.58 Å². The number of unbranched alkanes of at least 4 members (excludes halogenated alkanes) is 1. The summed E-state index contributed by atoms with van der Waals surface area (Å²) in [5.41, 5.74) is 6.40. The molecule has 1 aliphatic rings. The Bertz CT molecular complexity index is 1550. The highest BCUT2D eigenvalue weighted by molar-refractivity contribution is 5.63. The van der Waals surface area contributed by atoms with Crippen LogP contribution >= 0.6 is 0 Å². The minimum absolute atomic E-state index is 0.183. The molecular formula is C42H48O6. The Hall–Kier alpha value is -3.91. The molecule has 0 spiro atoms. The molecule has 0 saturated carbocycles. The predicted octanol–water partition coefficient (Wildman–Crippen LogP) is 7.67. The number of benzene rings is 4. The Morgan fingerprint density at radius 3 is 2.17 bits per heavy atom. The number of hydrogen-bond acceptors (Lipinski definition) is 6. The van der Waals surface area contributed by atoms with Crippen molar-refractivity contribution in [3.8, 4) is 0 Å². The second kappa shape index (κ2) is 18.0. The van der Waals surface area contributed by atoms with E-state index in [4.69, 9.17) is 18.9 Å². The van der Waals surface area contributed by atoms with Crippen molar-refractivity contribution in [1.82, 2.24) is 0 Å². The minimum Gasteiger partial charge on any atom is -0.393 e. The molecule has 4 aromatic carbocycles. The van der Waals surface area contributed by atoms with Crippen LogP contribution in [-0.4, -0.2) is 49.0 Å². The van der Waals surface area contributed by atoms with Gasteiger partial charge in [0.2, 0.25) is 0 Å². The van der Waals surface area contributed by atoms with Crippen LogP contribution in [-0.2, 0) is 49.8 Å². The average molecular weight is 649 g/mol. The molecular weight excluding hydrogens is 600 g/mol. The first-order valence-electron chi connectivity index (χ1n) is 16.9. The van der Waals surface area contributed by atoms with E-state index in [1.54, 1.807) is 6.08 Å². The number of aldehydes is 1. The van der Waals surface area contributed by atoms with Gasteiger partial charge in [-0.25, -0.2) is 0 Å².